The summed E-state index contributed by atoms with van der Waals surface area (Å²) in [7, 11) is 0. The quantitative estimate of drug-likeness (QED) is 0.356. The number of carbonyl (C=O) groups is 3. The molecule has 0 aromatic rings. The molecule has 5 atom stereocenters. The Bertz CT molecular complexity index is 811. The summed E-state index contributed by atoms with van der Waals surface area (Å²) in [4.78, 5) is 36.9. The van der Waals surface area contributed by atoms with Crippen molar-refractivity contribution in [3.63, 3.8) is 0 Å². The van der Waals surface area contributed by atoms with E-state index in [9.17, 15) is 14.4 Å². The van der Waals surface area contributed by atoms with Gasteiger partial charge in [0, 0.05) is 24.2 Å². The van der Waals surface area contributed by atoms with Crippen LogP contribution in [0.25, 0.3) is 0 Å². The third kappa shape index (κ3) is 2.57. The van der Waals surface area contributed by atoms with Crippen LogP contribution in [-0.4, -0.2) is 28.5 Å². The van der Waals surface area contributed by atoms with Crippen molar-refractivity contribution in [2.45, 2.75) is 71.3 Å². The third-order valence-corrected chi connectivity index (χ3v) is 8.86. The number of hydrogen-bond acceptors (Lipinski definition) is 4. The van der Waals surface area contributed by atoms with E-state index in [1.165, 1.54) is 18.1 Å². The number of ether oxygens (including phenoxy) is 1. The number of Topliss-reactive ketones (excluding diaryl/α,β-unsaturated/α-hetero) is 1. The average Bonchev–Trinajstić information content (AvgIpc) is 2.94. The van der Waals surface area contributed by atoms with Gasteiger partial charge in [-0.05, 0) is 56.4 Å². The molecule has 28 heavy (non-hydrogen) atoms. The predicted molar refractivity (Wildman–Crippen MR) is 110 cm³/mol. The largest absolute Gasteiger partial charge is 0.451 e. The van der Waals surface area contributed by atoms with E-state index in [1.807, 2.05) is 6.08 Å². The third-order valence-electron chi connectivity index (χ3n) is 8.35. The van der Waals surface area contributed by atoms with Crippen LogP contribution in [0.3, 0.4) is 0 Å². The first-order valence-corrected chi connectivity index (χ1v) is 11.5. The molecule has 4 aliphatic rings. The highest BCUT2D eigenvalue weighted by atomic mass is 79.9. The number of esters is 1. The lowest BCUT2D eigenvalue weighted by Crippen LogP contribution is -2.57. The van der Waals surface area contributed by atoms with Crippen LogP contribution in [0.15, 0.2) is 23.3 Å². The van der Waals surface area contributed by atoms with E-state index in [-0.39, 0.29) is 33.7 Å². The predicted octanol–water partition coefficient (Wildman–Crippen LogP) is 4.70. The molecule has 0 aliphatic heterocycles. The number of fused-ring (bicyclic) bond motifs is 5. The summed E-state index contributed by atoms with van der Waals surface area (Å²) in [5.41, 5.74) is 1.32. The van der Waals surface area contributed by atoms with Crippen LogP contribution >= 0.6 is 15.9 Å². The van der Waals surface area contributed by atoms with Gasteiger partial charge in [0.25, 0.3) is 0 Å². The molecule has 0 aromatic carbocycles. The molecular weight excluding hydrogens is 420 g/mol. The van der Waals surface area contributed by atoms with Crippen LogP contribution in [0.2, 0.25) is 0 Å². The molecule has 0 N–H and O–H groups in total. The second-order valence-corrected chi connectivity index (χ2v) is 10.1. The molecule has 0 spiro atoms. The van der Waals surface area contributed by atoms with E-state index >= 15 is 0 Å². The van der Waals surface area contributed by atoms with E-state index in [1.54, 1.807) is 0 Å². The lowest BCUT2D eigenvalue weighted by Gasteiger charge is -2.55. The van der Waals surface area contributed by atoms with E-state index in [4.69, 9.17) is 4.74 Å². The summed E-state index contributed by atoms with van der Waals surface area (Å²) < 4.78 is 5.85. The van der Waals surface area contributed by atoms with Crippen molar-refractivity contribution < 1.29 is 19.1 Å². The Balaban J connectivity index is 1.77. The number of halogens is 1. The Kier molecular flexibility index (Phi) is 4.76. The second-order valence-electron chi connectivity index (χ2n) is 9.52. The fraction of sp³-hybridized carbons (Fsp3) is 0.696. The molecular formula is C23H29BrO4. The van der Waals surface area contributed by atoms with E-state index in [0.29, 0.717) is 24.7 Å². The molecule has 5 heteroatoms. The minimum Gasteiger partial charge on any atom is -0.451 e. The number of alkyl halides is 1. The highest BCUT2D eigenvalue weighted by Gasteiger charge is 2.66. The monoisotopic (exact) mass is 448 g/mol. The lowest BCUT2D eigenvalue weighted by atomic mass is 9.50. The summed E-state index contributed by atoms with van der Waals surface area (Å²) in [6, 6.07) is 0. The summed E-state index contributed by atoms with van der Waals surface area (Å²) >= 11 is 3.32. The molecule has 2 saturated carbocycles. The zero-order valence-electron chi connectivity index (χ0n) is 17.0. The van der Waals surface area contributed by atoms with Crippen molar-refractivity contribution in [1.82, 2.24) is 0 Å². The minimum atomic E-state index is -1.03. The van der Waals surface area contributed by atoms with Gasteiger partial charge in [0.2, 0.25) is 0 Å². The number of hydrogen-bond donors (Lipinski definition) is 0. The van der Waals surface area contributed by atoms with Crippen LogP contribution in [0.1, 0.15) is 65.7 Å². The van der Waals surface area contributed by atoms with Gasteiger partial charge < -0.3 is 4.74 Å². The molecule has 4 aliphatic carbocycles. The first kappa shape index (κ1) is 20.1. The number of allylic oxidation sites excluding steroid dienone is 4. The zero-order chi connectivity index (χ0) is 20.3. The average molecular weight is 449 g/mol. The van der Waals surface area contributed by atoms with Crippen LogP contribution in [-0.2, 0) is 19.1 Å². The molecule has 152 valence electrons. The number of rotatable bonds is 3. The van der Waals surface area contributed by atoms with E-state index in [2.05, 4.69) is 35.9 Å². The summed E-state index contributed by atoms with van der Waals surface area (Å²) in [6.07, 6.45) is 9.93. The maximum atomic E-state index is 13.0. The van der Waals surface area contributed by atoms with Gasteiger partial charge in [-0.3, -0.25) is 14.4 Å². The molecule has 0 amide bonds. The van der Waals surface area contributed by atoms with E-state index < -0.39 is 5.60 Å². The van der Waals surface area contributed by atoms with Gasteiger partial charge in [-0.25, -0.2) is 0 Å². The van der Waals surface area contributed by atoms with Gasteiger partial charge in [-0.2, -0.15) is 0 Å². The number of carbonyl (C=O) groups excluding carboxylic acids is 3. The molecule has 4 rings (SSSR count). The van der Waals surface area contributed by atoms with Crippen molar-refractivity contribution in [2.75, 3.05) is 5.33 Å². The van der Waals surface area contributed by atoms with Crippen LogP contribution in [0.5, 0.6) is 0 Å². The normalized spacial score (nSPS) is 41.9. The van der Waals surface area contributed by atoms with Crippen molar-refractivity contribution >= 4 is 33.5 Å². The highest BCUT2D eigenvalue weighted by molar-refractivity contribution is 9.09. The molecule has 0 saturated heterocycles. The molecule has 0 radical (unpaired) electrons. The topological polar surface area (TPSA) is 60.4 Å². The van der Waals surface area contributed by atoms with Crippen molar-refractivity contribution in [3.8, 4) is 0 Å². The van der Waals surface area contributed by atoms with Crippen molar-refractivity contribution in [3.05, 3.63) is 23.3 Å². The standard InChI is InChI=1S/C23H29BrO4/c1-14(25)28-23(20(27)13-24)11-8-19-17-5-4-15-12-16(26)6-9-21(15,2)18(17)7-10-22(19,23)3/h7,12,17,19H,4-6,8-11,13H2,1-3H3/t17-,19+,21+,22+,23+/m1/s1. The molecule has 0 aromatic heterocycles. The fourth-order valence-corrected chi connectivity index (χ4v) is 7.34. The summed E-state index contributed by atoms with van der Waals surface area (Å²) in [5.74, 6) is 0.582. The van der Waals surface area contributed by atoms with Gasteiger partial charge in [0.1, 0.15) is 0 Å². The maximum absolute atomic E-state index is 13.0. The number of ketones is 2. The zero-order valence-corrected chi connectivity index (χ0v) is 18.6. The van der Waals surface area contributed by atoms with Crippen LogP contribution < -0.4 is 0 Å². The molecule has 0 heterocycles. The fourth-order valence-electron chi connectivity index (χ4n) is 6.89. The lowest BCUT2D eigenvalue weighted by molar-refractivity contribution is -0.180. The molecule has 2 fully saturated rings. The van der Waals surface area contributed by atoms with Gasteiger partial charge in [0.15, 0.2) is 17.2 Å². The van der Waals surface area contributed by atoms with Gasteiger partial charge in [0.05, 0.1) is 5.33 Å². The van der Waals surface area contributed by atoms with Gasteiger partial charge in [-0.15, -0.1) is 0 Å². The summed E-state index contributed by atoms with van der Waals surface area (Å²) in [6.45, 7) is 5.85. The summed E-state index contributed by atoms with van der Waals surface area (Å²) in [5, 5.41) is 0.205. The Morgan fingerprint density at radius 2 is 1.96 bits per heavy atom. The Morgan fingerprint density at radius 3 is 2.64 bits per heavy atom. The van der Waals surface area contributed by atoms with Crippen molar-refractivity contribution in [2.24, 2.45) is 22.7 Å². The Hall–Kier alpha value is -1.23. The van der Waals surface area contributed by atoms with Crippen molar-refractivity contribution in [1.29, 1.82) is 0 Å². The smallest absolute Gasteiger partial charge is 0.303 e. The van der Waals surface area contributed by atoms with Crippen LogP contribution in [0, 0.1) is 22.7 Å². The second kappa shape index (κ2) is 6.65. The molecule has 0 unspecified atom stereocenters. The Morgan fingerprint density at radius 1 is 1.21 bits per heavy atom. The first-order chi connectivity index (χ1) is 13.2. The van der Waals surface area contributed by atoms with E-state index in [0.717, 1.165) is 32.1 Å². The van der Waals surface area contributed by atoms with Gasteiger partial charge in [-0.1, -0.05) is 47.0 Å². The first-order valence-electron chi connectivity index (χ1n) is 10.4. The maximum Gasteiger partial charge on any atom is 0.303 e. The SMILES string of the molecule is CC(=O)O[C@]1(C(=O)CBr)CC[C@H]2[C@@H]3CCC4=CC(=O)CC[C@]4(C)C3=CC[C@@]21C. The highest BCUT2D eigenvalue weighted by Crippen LogP contribution is 2.66. The minimum absolute atomic E-state index is 0.0181. The molecule has 4 nitrogen and oxygen atoms in total. The Labute approximate surface area is 175 Å². The van der Waals surface area contributed by atoms with Crippen LogP contribution in [0.4, 0.5) is 0 Å². The van der Waals surface area contributed by atoms with Gasteiger partial charge >= 0.3 is 5.97 Å². The molecule has 0 bridgehead atoms.